The molecule has 2 aromatic rings. The summed E-state index contributed by atoms with van der Waals surface area (Å²) in [7, 11) is 0. The molecule has 0 heterocycles. The SMILES string of the molecule is Cc1ccc(NC(=O)CNC(=O)Cc2ccc(Cl)cc2)c(Br)c1. The fraction of sp³-hybridized carbons (Fsp3) is 0.176. The van der Waals surface area contributed by atoms with Crippen LogP contribution in [0.1, 0.15) is 11.1 Å². The van der Waals surface area contributed by atoms with Crippen molar-refractivity contribution in [2.75, 3.05) is 11.9 Å². The van der Waals surface area contributed by atoms with Gasteiger partial charge >= 0.3 is 0 Å². The van der Waals surface area contributed by atoms with Crippen molar-refractivity contribution in [3.05, 3.63) is 63.1 Å². The van der Waals surface area contributed by atoms with Crippen LogP contribution >= 0.6 is 27.5 Å². The maximum absolute atomic E-state index is 11.9. The number of nitrogens with one attached hydrogen (secondary N) is 2. The lowest BCUT2D eigenvalue weighted by Gasteiger charge is -2.09. The molecule has 4 nitrogen and oxygen atoms in total. The predicted octanol–water partition coefficient (Wildman–Crippen LogP) is 3.71. The summed E-state index contributed by atoms with van der Waals surface area (Å²) in [5.74, 6) is -0.496. The maximum atomic E-state index is 11.9. The van der Waals surface area contributed by atoms with Crippen LogP contribution in [0.2, 0.25) is 5.02 Å². The van der Waals surface area contributed by atoms with E-state index >= 15 is 0 Å². The molecule has 0 aliphatic heterocycles. The first-order valence-electron chi connectivity index (χ1n) is 7.01. The van der Waals surface area contributed by atoms with Crippen molar-refractivity contribution in [2.24, 2.45) is 0 Å². The van der Waals surface area contributed by atoms with Crippen LogP contribution < -0.4 is 10.6 Å². The first kappa shape index (κ1) is 17.5. The van der Waals surface area contributed by atoms with Crippen molar-refractivity contribution in [3.8, 4) is 0 Å². The second kappa shape index (κ2) is 8.13. The molecule has 2 amide bonds. The highest BCUT2D eigenvalue weighted by Gasteiger charge is 2.08. The Bertz CT molecular complexity index is 717. The first-order chi connectivity index (χ1) is 10.9. The van der Waals surface area contributed by atoms with E-state index < -0.39 is 0 Å². The molecule has 0 fully saturated rings. The van der Waals surface area contributed by atoms with E-state index in [9.17, 15) is 9.59 Å². The summed E-state index contributed by atoms with van der Waals surface area (Å²) in [6.45, 7) is 1.89. The Morgan fingerprint density at radius 2 is 1.78 bits per heavy atom. The lowest BCUT2D eigenvalue weighted by Crippen LogP contribution is -2.33. The van der Waals surface area contributed by atoms with Crippen molar-refractivity contribution in [2.45, 2.75) is 13.3 Å². The Hall–Kier alpha value is -1.85. The minimum atomic E-state index is -0.279. The fourth-order valence-corrected chi connectivity index (χ4v) is 2.66. The van der Waals surface area contributed by atoms with Crippen molar-refractivity contribution in [1.82, 2.24) is 5.32 Å². The van der Waals surface area contributed by atoms with Gasteiger partial charge in [-0.05, 0) is 58.2 Å². The number of halogens is 2. The van der Waals surface area contributed by atoms with Gasteiger partial charge in [0.2, 0.25) is 11.8 Å². The van der Waals surface area contributed by atoms with Gasteiger partial charge in [0, 0.05) is 9.50 Å². The van der Waals surface area contributed by atoms with Crippen LogP contribution in [0, 0.1) is 6.92 Å². The number of anilines is 1. The maximum Gasteiger partial charge on any atom is 0.243 e. The second-order valence-electron chi connectivity index (χ2n) is 5.11. The highest BCUT2D eigenvalue weighted by atomic mass is 79.9. The zero-order valence-corrected chi connectivity index (χ0v) is 14.9. The van der Waals surface area contributed by atoms with Crippen molar-refractivity contribution < 1.29 is 9.59 Å². The summed E-state index contributed by atoms with van der Waals surface area (Å²) in [5, 5.41) is 5.97. The van der Waals surface area contributed by atoms with Gasteiger partial charge in [0.1, 0.15) is 0 Å². The number of benzene rings is 2. The molecular weight excluding hydrogens is 380 g/mol. The van der Waals surface area contributed by atoms with Gasteiger partial charge in [-0.3, -0.25) is 9.59 Å². The summed E-state index contributed by atoms with van der Waals surface area (Å²) in [6.07, 6.45) is 0.207. The van der Waals surface area contributed by atoms with Gasteiger partial charge in [0.05, 0.1) is 18.7 Å². The number of hydrogen-bond acceptors (Lipinski definition) is 2. The van der Waals surface area contributed by atoms with Gasteiger partial charge in [-0.15, -0.1) is 0 Å². The average Bonchev–Trinajstić information content (AvgIpc) is 2.50. The zero-order chi connectivity index (χ0) is 16.8. The normalized spacial score (nSPS) is 10.2. The van der Waals surface area contributed by atoms with Crippen molar-refractivity contribution in [3.63, 3.8) is 0 Å². The Morgan fingerprint density at radius 3 is 2.43 bits per heavy atom. The number of hydrogen-bond donors (Lipinski definition) is 2. The van der Waals surface area contributed by atoms with E-state index in [-0.39, 0.29) is 24.8 Å². The number of amides is 2. The molecular formula is C17H16BrClN2O2. The van der Waals surface area contributed by atoms with Gasteiger partial charge in [0.25, 0.3) is 0 Å². The monoisotopic (exact) mass is 394 g/mol. The predicted molar refractivity (Wildman–Crippen MR) is 95.7 cm³/mol. The smallest absolute Gasteiger partial charge is 0.243 e. The quantitative estimate of drug-likeness (QED) is 0.811. The number of carbonyl (C=O) groups is 2. The molecule has 2 aromatic carbocycles. The topological polar surface area (TPSA) is 58.2 Å². The standard InChI is InChI=1S/C17H16BrClN2O2/c1-11-2-7-15(14(18)8-11)21-17(23)10-20-16(22)9-12-3-5-13(19)6-4-12/h2-8H,9-10H2,1H3,(H,20,22)(H,21,23). The zero-order valence-electron chi connectivity index (χ0n) is 12.5. The largest absolute Gasteiger partial charge is 0.347 e. The average molecular weight is 396 g/mol. The molecule has 23 heavy (non-hydrogen) atoms. The summed E-state index contributed by atoms with van der Waals surface area (Å²) in [5.41, 5.74) is 2.60. The molecule has 2 N–H and O–H groups in total. The minimum Gasteiger partial charge on any atom is -0.347 e. The van der Waals surface area contributed by atoms with Gasteiger partial charge < -0.3 is 10.6 Å². The van der Waals surface area contributed by atoms with E-state index in [2.05, 4.69) is 26.6 Å². The van der Waals surface area contributed by atoms with Gasteiger partial charge in [-0.2, -0.15) is 0 Å². The molecule has 0 saturated carbocycles. The van der Waals surface area contributed by atoms with Crippen LogP contribution in [0.3, 0.4) is 0 Å². The number of aryl methyl sites for hydroxylation is 1. The minimum absolute atomic E-state index is 0.0766. The van der Waals surface area contributed by atoms with Gasteiger partial charge in [-0.1, -0.05) is 29.8 Å². The Balaban J connectivity index is 1.81. The number of carbonyl (C=O) groups excluding carboxylic acids is 2. The first-order valence-corrected chi connectivity index (χ1v) is 8.18. The van der Waals surface area contributed by atoms with E-state index in [1.54, 1.807) is 24.3 Å². The summed E-state index contributed by atoms with van der Waals surface area (Å²) in [4.78, 5) is 23.7. The fourth-order valence-electron chi connectivity index (χ4n) is 1.94. The van der Waals surface area contributed by atoms with E-state index in [0.29, 0.717) is 10.7 Å². The summed E-state index contributed by atoms with van der Waals surface area (Å²) < 4.78 is 0.804. The van der Waals surface area contributed by atoms with Crippen LogP contribution in [0.15, 0.2) is 46.9 Å². The molecule has 0 aliphatic rings. The lowest BCUT2D eigenvalue weighted by atomic mass is 10.1. The van der Waals surface area contributed by atoms with Crippen LogP contribution in [0.4, 0.5) is 5.69 Å². The molecule has 0 bridgehead atoms. The molecule has 0 spiro atoms. The number of rotatable bonds is 5. The molecule has 0 atom stereocenters. The molecule has 6 heteroatoms. The second-order valence-corrected chi connectivity index (χ2v) is 6.40. The molecule has 0 unspecified atom stereocenters. The van der Waals surface area contributed by atoms with Crippen molar-refractivity contribution in [1.29, 1.82) is 0 Å². The van der Waals surface area contributed by atoms with E-state index in [1.165, 1.54) is 0 Å². The molecule has 0 saturated heterocycles. The van der Waals surface area contributed by atoms with Gasteiger partial charge in [-0.25, -0.2) is 0 Å². The lowest BCUT2D eigenvalue weighted by molar-refractivity contribution is -0.123. The molecule has 0 aliphatic carbocycles. The molecule has 120 valence electrons. The van der Waals surface area contributed by atoms with Crippen LogP contribution in [-0.2, 0) is 16.0 Å². The van der Waals surface area contributed by atoms with Gasteiger partial charge in [0.15, 0.2) is 0 Å². The Morgan fingerprint density at radius 1 is 1.09 bits per heavy atom. The van der Waals surface area contributed by atoms with Crippen LogP contribution in [-0.4, -0.2) is 18.4 Å². The third-order valence-corrected chi connectivity index (χ3v) is 4.03. The summed E-state index contributed by atoms with van der Waals surface area (Å²) in [6, 6.07) is 12.6. The van der Waals surface area contributed by atoms with Crippen LogP contribution in [0.5, 0.6) is 0 Å². The molecule has 0 radical (unpaired) electrons. The van der Waals surface area contributed by atoms with Crippen LogP contribution in [0.25, 0.3) is 0 Å². The molecule has 2 rings (SSSR count). The van der Waals surface area contributed by atoms with E-state index in [0.717, 1.165) is 15.6 Å². The third kappa shape index (κ3) is 5.69. The van der Waals surface area contributed by atoms with Crippen molar-refractivity contribution >= 4 is 45.0 Å². The Labute approximate surface area is 148 Å². The highest BCUT2D eigenvalue weighted by molar-refractivity contribution is 9.10. The molecule has 0 aromatic heterocycles. The van der Waals surface area contributed by atoms with E-state index in [4.69, 9.17) is 11.6 Å². The van der Waals surface area contributed by atoms with E-state index in [1.807, 2.05) is 25.1 Å². The third-order valence-electron chi connectivity index (χ3n) is 3.12. The summed E-state index contributed by atoms with van der Waals surface area (Å²) >= 11 is 9.19. The highest BCUT2D eigenvalue weighted by Crippen LogP contribution is 2.23. The Kier molecular flexibility index (Phi) is 6.19.